The molecule has 1 N–H and O–H groups in total. The molecule has 24 heavy (non-hydrogen) atoms. The van der Waals surface area contributed by atoms with Crippen LogP contribution in [0.15, 0.2) is 24.3 Å². The van der Waals surface area contributed by atoms with Gasteiger partial charge in [-0.05, 0) is 39.7 Å². The number of aliphatic hydroxyl groups excluding tert-OH is 1. The first kappa shape index (κ1) is 18.6. The van der Waals surface area contributed by atoms with Gasteiger partial charge in [0.2, 0.25) is 5.78 Å². The van der Waals surface area contributed by atoms with Gasteiger partial charge in [-0.2, -0.15) is 4.79 Å². The molecule has 0 aliphatic heterocycles. The lowest BCUT2D eigenvalue weighted by atomic mass is 9.74. The number of ketones is 1. The van der Waals surface area contributed by atoms with Gasteiger partial charge in [-0.25, -0.2) is 0 Å². The number of benzene rings is 1. The molecule has 0 bridgehead atoms. The van der Waals surface area contributed by atoms with Gasteiger partial charge in [0, 0.05) is 12.0 Å². The number of hydrogen-bond acceptors (Lipinski definition) is 4. The van der Waals surface area contributed by atoms with E-state index in [-0.39, 0.29) is 0 Å². The van der Waals surface area contributed by atoms with Crippen LogP contribution in [0.1, 0.15) is 45.6 Å². The molecule has 1 aliphatic carbocycles. The summed E-state index contributed by atoms with van der Waals surface area (Å²) in [6.45, 7) is 8.99. The van der Waals surface area contributed by atoms with Gasteiger partial charge >= 0.3 is 6.09 Å². The third-order valence-electron chi connectivity index (χ3n) is 4.12. The van der Waals surface area contributed by atoms with Gasteiger partial charge in [0.15, 0.2) is 0 Å². The van der Waals surface area contributed by atoms with E-state index in [1.54, 1.807) is 45.0 Å². The first-order valence-corrected chi connectivity index (χ1v) is 8.28. The van der Waals surface area contributed by atoms with Gasteiger partial charge < -0.3 is 9.84 Å². The van der Waals surface area contributed by atoms with E-state index in [1.807, 2.05) is 0 Å². The molecule has 1 saturated carbocycles. The number of nitrogens with zero attached hydrogens (tertiary/aromatic N) is 1. The van der Waals surface area contributed by atoms with E-state index in [0.717, 1.165) is 4.58 Å². The summed E-state index contributed by atoms with van der Waals surface area (Å²) in [6, 6.07) is 6.81. The van der Waals surface area contributed by atoms with Crippen LogP contribution < -0.4 is 0 Å². The highest BCUT2D eigenvalue weighted by Crippen LogP contribution is 2.41. The largest absolute Gasteiger partial charge is 0.597 e. The minimum Gasteiger partial charge on any atom is -0.406 e. The van der Waals surface area contributed by atoms with Crippen LogP contribution in [0, 0.1) is 0 Å². The molecular weight excluding hydrogens is 330 g/mol. The monoisotopic (exact) mass is 352 g/mol. The van der Waals surface area contributed by atoms with Gasteiger partial charge in [0.1, 0.15) is 18.4 Å². The summed E-state index contributed by atoms with van der Waals surface area (Å²) in [6.07, 6.45) is -0.651. The van der Waals surface area contributed by atoms with Crippen molar-refractivity contribution in [3.63, 3.8) is 0 Å². The van der Waals surface area contributed by atoms with Crippen LogP contribution in [-0.2, 0) is 15.1 Å². The number of Topliss-reactive ketones (excluding diaryl/α,β-unsaturated/α-hetero) is 1. The number of carbonyl (C=O) groups excluding carboxylic acids is 2. The van der Waals surface area contributed by atoms with Gasteiger partial charge in [-0.1, -0.05) is 29.8 Å². The molecule has 0 unspecified atom stereocenters. The Balaban J connectivity index is 2.56. The van der Waals surface area contributed by atoms with Crippen molar-refractivity contribution in [3.05, 3.63) is 34.9 Å². The Hall–Kier alpha value is -1.72. The second-order valence-corrected chi connectivity index (χ2v) is 7.43. The summed E-state index contributed by atoms with van der Waals surface area (Å²) in [4.78, 5) is 25.5. The number of rotatable bonds is 2. The van der Waals surface area contributed by atoms with Crippen molar-refractivity contribution in [1.29, 1.82) is 0 Å². The Labute approximate surface area is 146 Å². The maximum atomic E-state index is 12.9. The fourth-order valence-corrected chi connectivity index (χ4v) is 3.32. The molecule has 0 saturated heterocycles. The van der Waals surface area contributed by atoms with Crippen molar-refractivity contribution in [2.45, 2.75) is 57.3 Å². The third kappa shape index (κ3) is 3.37. The second kappa shape index (κ2) is 6.65. The van der Waals surface area contributed by atoms with Crippen molar-refractivity contribution in [2.24, 2.45) is 0 Å². The maximum Gasteiger partial charge on any atom is 0.597 e. The van der Waals surface area contributed by atoms with Gasteiger partial charge in [-0.15, -0.1) is 4.58 Å². The molecule has 0 heterocycles. The summed E-state index contributed by atoms with van der Waals surface area (Å²) in [5.41, 5.74) is -1.71. The van der Waals surface area contributed by atoms with E-state index >= 15 is 0 Å². The molecular formula is C18H23ClNO4+. The Bertz CT molecular complexity index is 680. The van der Waals surface area contributed by atoms with Crippen LogP contribution in [-0.4, -0.2) is 40.0 Å². The maximum absolute atomic E-state index is 12.9. The fraction of sp³-hybridized carbons (Fsp3) is 0.500. The van der Waals surface area contributed by atoms with E-state index in [9.17, 15) is 14.7 Å². The molecule has 1 aliphatic rings. The SMILES string of the molecule is C=[N+](C(=O)OC(C)(C)C)[C@@]1(c2ccccc2Cl)CCC[C@H](O)C1=O. The summed E-state index contributed by atoms with van der Waals surface area (Å²) in [7, 11) is 0. The molecule has 0 spiro atoms. The highest BCUT2D eigenvalue weighted by atomic mass is 35.5. The molecule has 0 aromatic heterocycles. The Morgan fingerprint density at radius 2 is 2.04 bits per heavy atom. The molecule has 1 aromatic carbocycles. The third-order valence-corrected chi connectivity index (χ3v) is 4.45. The Morgan fingerprint density at radius 3 is 2.62 bits per heavy atom. The lowest BCUT2D eigenvalue weighted by Gasteiger charge is -2.34. The average Bonchev–Trinajstić information content (AvgIpc) is 2.48. The van der Waals surface area contributed by atoms with Crippen molar-refractivity contribution in [2.75, 3.05) is 0 Å². The zero-order chi connectivity index (χ0) is 18.1. The summed E-state index contributed by atoms with van der Waals surface area (Å²) in [5, 5.41) is 10.5. The number of amides is 1. The number of aliphatic hydroxyl groups is 1. The lowest BCUT2D eigenvalue weighted by molar-refractivity contribution is -0.525. The molecule has 130 valence electrons. The molecule has 2 atom stereocenters. The summed E-state index contributed by atoms with van der Waals surface area (Å²) >= 11 is 6.30. The zero-order valence-corrected chi connectivity index (χ0v) is 15.0. The smallest absolute Gasteiger partial charge is 0.406 e. The summed E-state index contributed by atoms with van der Waals surface area (Å²) in [5.74, 6) is -0.484. The van der Waals surface area contributed by atoms with Crippen molar-refractivity contribution >= 4 is 30.2 Å². The van der Waals surface area contributed by atoms with Crippen LogP contribution in [0.25, 0.3) is 0 Å². The van der Waals surface area contributed by atoms with Crippen molar-refractivity contribution in [1.82, 2.24) is 0 Å². The molecule has 1 amide bonds. The lowest BCUT2D eigenvalue weighted by Crippen LogP contribution is -2.55. The van der Waals surface area contributed by atoms with E-state index in [2.05, 4.69) is 6.72 Å². The van der Waals surface area contributed by atoms with Gasteiger partial charge in [0.05, 0.1) is 5.02 Å². The average molecular weight is 353 g/mol. The van der Waals surface area contributed by atoms with Crippen LogP contribution in [0.3, 0.4) is 0 Å². The Morgan fingerprint density at radius 1 is 1.42 bits per heavy atom. The highest BCUT2D eigenvalue weighted by molar-refractivity contribution is 6.31. The number of hydrogen-bond donors (Lipinski definition) is 1. The van der Waals surface area contributed by atoms with E-state index in [4.69, 9.17) is 16.3 Å². The molecule has 1 aromatic rings. The topological polar surface area (TPSA) is 66.6 Å². The molecule has 5 nitrogen and oxygen atoms in total. The second-order valence-electron chi connectivity index (χ2n) is 7.02. The van der Waals surface area contributed by atoms with Crippen molar-refractivity contribution < 1.29 is 24.0 Å². The van der Waals surface area contributed by atoms with Crippen LogP contribution >= 0.6 is 11.6 Å². The first-order chi connectivity index (χ1) is 11.1. The van der Waals surface area contributed by atoms with Gasteiger partial charge in [0.25, 0.3) is 5.54 Å². The fourth-order valence-electron chi connectivity index (χ4n) is 3.03. The molecule has 6 heteroatoms. The normalized spacial score (nSPS) is 24.5. The van der Waals surface area contributed by atoms with Gasteiger partial charge in [-0.3, -0.25) is 4.79 Å². The first-order valence-electron chi connectivity index (χ1n) is 7.90. The quantitative estimate of drug-likeness (QED) is 0.655. The van der Waals surface area contributed by atoms with Crippen LogP contribution in [0.5, 0.6) is 0 Å². The number of ether oxygens (including phenoxy) is 1. The molecule has 0 radical (unpaired) electrons. The predicted octanol–water partition coefficient (Wildman–Crippen LogP) is 3.30. The zero-order valence-electron chi connectivity index (χ0n) is 14.2. The Kier molecular flexibility index (Phi) is 5.16. The number of halogens is 1. The van der Waals surface area contributed by atoms with Crippen LogP contribution in [0.4, 0.5) is 4.79 Å². The minimum absolute atomic E-state index is 0.329. The van der Waals surface area contributed by atoms with E-state index < -0.39 is 29.1 Å². The van der Waals surface area contributed by atoms with Crippen LogP contribution in [0.2, 0.25) is 5.02 Å². The highest BCUT2D eigenvalue weighted by Gasteiger charge is 2.58. The molecule has 2 rings (SSSR count). The summed E-state index contributed by atoms with van der Waals surface area (Å²) < 4.78 is 6.40. The number of carbonyl (C=O) groups is 2. The molecule has 1 fully saturated rings. The van der Waals surface area contributed by atoms with E-state index in [1.165, 1.54) is 0 Å². The minimum atomic E-state index is -1.43. The predicted molar refractivity (Wildman–Crippen MR) is 91.6 cm³/mol. The van der Waals surface area contributed by atoms with Crippen molar-refractivity contribution in [3.8, 4) is 0 Å². The standard InChI is InChI=1S/C18H23ClNO4/c1-17(2,3)24-16(23)20(4)18(11-7-10-14(21)15(18)22)12-8-5-6-9-13(12)19/h5-6,8-9,14,21H,4,7,10-11H2,1-3H3/q+1/t14-,18+/m0/s1. The van der Waals surface area contributed by atoms with E-state index in [0.29, 0.717) is 29.8 Å².